The van der Waals surface area contributed by atoms with E-state index in [4.69, 9.17) is 17.3 Å². The van der Waals surface area contributed by atoms with Crippen LogP contribution in [-0.2, 0) is 0 Å². The van der Waals surface area contributed by atoms with Gasteiger partial charge in [0.05, 0.1) is 16.1 Å². The predicted octanol–water partition coefficient (Wildman–Crippen LogP) is 3.15. The number of halogens is 1. The molecule has 1 atom stereocenters. The lowest BCUT2D eigenvalue weighted by Gasteiger charge is -2.08. The van der Waals surface area contributed by atoms with Crippen LogP contribution in [0.4, 0.5) is 0 Å². The zero-order chi connectivity index (χ0) is 10.8. The quantitative estimate of drug-likeness (QED) is 0.873. The highest BCUT2D eigenvalue weighted by molar-refractivity contribution is 7.16. The van der Waals surface area contributed by atoms with Gasteiger partial charge in [0.15, 0.2) is 0 Å². The first kappa shape index (κ1) is 10.6. The summed E-state index contributed by atoms with van der Waals surface area (Å²) in [5, 5.41) is 0. The number of aryl methyl sites for hydroxylation is 1. The number of hydrogen-bond donors (Lipinski definition) is 1. The normalized spacial score (nSPS) is 12.7. The van der Waals surface area contributed by atoms with Crippen molar-refractivity contribution >= 4 is 22.9 Å². The summed E-state index contributed by atoms with van der Waals surface area (Å²) in [7, 11) is 0. The summed E-state index contributed by atoms with van der Waals surface area (Å²) < 4.78 is 0.758. The molecule has 0 aromatic carbocycles. The Morgan fingerprint density at radius 2 is 2.20 bits per heavy atom. The Labute approximate surface area is 97.7 Å². The molecule has 2 aromatic heterocycles. The van der Waals surface area contributed by atoms with Gasteiger partial charge in [-0.3, -0.25) is 4.98 Å². The van der Waals surface area contributed by atoms with Gasteiger partial charge in [-0.15, -0.1) is 11.3 Å². The fraction of sp³-hybridized carbons (Fsp3) is 0.182. The zero-order valence-corrected chi connectivity index (χ0v) is 9.85. The molecule has 0 fully saturated rings. The highest BCUT2D eigenvalue weighted by Gasteiger charge is 2.12. The summed E-state index contributed by atoms with van der Waals surface area (Å²) in [6.07, 6.45) is 1.78. The summed E-state index contributed by atoms with van der Waals surface area (Å²) >= 11 is 7.36. The van der Waals surface area contributed by atoms with E-state index < -0.39 is 0 Å². The molecule has 15 heavy (non-hydrogen) atoms. The number of aromatic nitrogens is 1. The van der Waals surface area contributed by atoms with Crippen molar-refractivity contribution < 1.29 is 0 Å². The molecular formula is C11H11ClN2S. The third kappa shape index (κ3) is 2.37. The molecule has 0 radical (unpaired) electrons. The first-order valence-corrected chi connectivity index (χ1v) is 5.79. The maximum atomic E-state index is 6.09. The van der Waals surface area contributed by atoms with Crippen LogP contribution >= 0.6 is 22.9 Å². The second-order valence-electron chi connectivity index (χ2n) is 3.38. The molecular weight excluding hydrogens is 228 g/mol. The van der Waals surface area contributed by atoms with Gasteiger partial charge >= 0.3 is 0 Å². The molecule has 2 aromatic rings. The smallest absolute Gasteiger partial charge is 0.0931 e. The number of hydrogen-bond acceptors (Lipinski definition) is 3. The van der Waals surface area contributed by atoms with Gasteiger partial charge in [0.25, 0.3) is 0 Å². The molecule has 78 valence electrons. The van der Waals surface area contributed by atoms with E-state index in [1.54, 1.807) is 6.20 Å². The molecule has 0 bridgehead atoms. The lowest BCUT2D eigenvalue weighted by atomic mass is 10.1. The van der Waals surface area contributed by atoms with E-state index in [1.165, 1.54) is 11.3 Å². The fourth-order valence-electron chi connectivity index (χ4n) is 1.37. The molecule has 2 rings (SSSR count). The maximum absolute atomic E-state index is 6.09. The van der Waals surface area contributed by atoms with E-state index >= 15 is 0 Å². The van der Waals surface area contributed by atoms with Crippen LogP contribution in [0.2, 0.25) is 4.34 Å². The number of nitrogens with two attached hydrogens (primary N) is 1. The van der Waals surface area contributed by atoms with Crippen molar-refractivity contribution in [1.29, 1.82) is 0 Å². The van der Waals surface area contributed by atoms with Crippen molar-refractivity contribution in [3.8, 4) is 0 Å². The summed E-state index contributed by atoms with van der Waals surface area (Å²) in [6, 6.07) is 7.58. The van der Waals surface area contributed by atoms with Crippen molar-refractivity contribution in [1.82, 2.24) is 4.98 Å². The molecule has 0 spiro atoms. The minimum absolute atomic E-state index is 0.178. The van der Waals surface area contributed by atoms with Gasteiger partial charge in [0, 0.05) is 11.1 Å². The molecule has 0 aliphatic rings. The molecule has 0 amide bonds. The Hall–Kier alpha value is -0.900. The number of thiophene rings is 1. The molecule has 2 heterocycles. The third-order valence-electron chi connectivity index (χ3n) is 2.16. The summed E-state index contributed by atoms with van der Waals surface area (Å²) in [4.78, 5) is 5.30. The second-order valence-corrected chi connectivity index (χ2v) is 5.12. The molecule has 0 saturated heterocycles. The summed E-state index contributed by atoms with van der Waals surface area (Å²) in [5.74, 6) is 0. The van der Waals surface area contributed by atoms with Gasteiger partial charge in [-0.25, -0.2) is 0 Å². The minimum atomic E-state index is -0.178. The van der Waals surface area contributed by atoms with Crippen LogP contribution in [0, 0.1) is 6.92 Å². The van der Waals surface area contributed by atoms with Crippen LogP contribution in [0.15, 0.2) is 30.5 Å². The standard InChI is InChI=1S/C11H11ClN2S/c1-7-4-5-14-8(6-7)11(13)9-2-3-10(12)15-9/h2-6,11H,13H2,1H3. The van der Waals surface area contributed by atoms with Gasteiger partial charge < -0.3 is 5.73 Å². The first-order chi connectivity index (χ1) is 7.16. The van der Waals surface area contributed by atoms with Gasteiger partial charge in [-0.2, -0.15) is 0 Å². The summed E-state index contributed by atoms with van der Waals surface area (Å²) in [6.45, 7) is 2.03. The third-order valence-corrected chi connectivity index (χ3v) is 3.47. The highest BCUT2D eigenvalue weighted by Crippen LogP contribution is 2.28. The van der Waals surface area contributed by atoms with Crippen molar-refractivity contribution in [2.45, 2.75) is 13.0 Å². The van der Waals surface area contributed by atoms with E-state index in [-0.39, 0.29) is 6.04 Å². The first-order valence-electron chi connectivity index (χ1n) is 4.60. The largest absolute Gasteiger partial charge is 0.318 e. The Morgan fingerprint density at radius 3 is 2.80 bits per heavy atom. The Kier molecular flexibility index (Phi) is 3.05. The van der Waals surface area contributed by atoms with E-state index in [0.29, 0.717) is 0 Å². The molecule has 0 aliphatic carbocycles. The number of pyridine rings is 1. The monoisotopic (exact) mass is 238 g/mol. The number of rotatable bonds is 2. The Balaban J connectivity index is 2.32. The van der Waals surface area contributed by atoms with Crippen LogP contribution < -0.4 is 5.73 Å². The second kappa shape index (κ2) is 4.31. The fourth-order valence-corrected chi connectivity index (χ4v) is 2.45. The highest BCUT2D eigenvalue weighted by atomic mass is 35.5. The lowest BCUT2D eigenvalue weighted by molar-refractivity contribution is 0.844. The maximum Gasteiger partial charge on any atom is 0.0931 e. The van der Waals surface area contributed by atoms with Crippen molar-refractivity contribution in [2.24, 2.45) is 5.73 Å². The number of nitrogens with zero attached hydrogens (tertiary/aromatic N) is 1. The zero-order valence-electron chi connectivity index (χ0n) is 8.27. The SMILES string of the molecule is Cc1ccnc(C(N)c2ccc(Cl)s2)c1. The van der Waals surface area contributed by atoms with E-state index in [2.05, 4.69) is 4.98 Å². The van der Waals surface area contributed by atoms with E-state index in [0.717, 1.165) is 20.5 Å². The van der Waals surface area contributed by atoms with Crippen LogP contribution in [0.5, 0.6) is 0 Å². The van der Waals surface area contributed by atoms with Gasteiger partial charge in [-0.05, 0) is 36.8 Å². The molecule has 1 unspecified atom stereocenters. The predicted molar refractivity (Wildman–Crippen MR) is 64.3 cm³/mol. The molecule has 0 saturated carbocycles. The van der Waals surface area contributed by atoms with E-state index in [1.807, 2.05) is 31.2 Å². The van der Waals surface area contributed by atoms with Gasteiger partial charge in [0.2, 0.25) is 0 Å². The average molecular weight is 239 g/mol. The van der Waals surface area contributed by atoms with Gasteiger partial charge in [0.1, 0.15) is 0 Å². The topological polar surface area (TPSA) is 38.9 Å². The molecule has 2 nitrogen and oxygen atoms in total. The molecule has 4 heteroatoms. The molecule has 0 aliphatic heterocycles. The van der Waals surface area contributed by atoms with Crippen molar-refractivity contribution in [2.75, 3.05) is 0 Å². The van der Waals surface area contributed by atoms with E-state index in [9.17, 15) is 0 Å². The van der Waals surface area contributed by atoms with Crippen LogP contribution in [0.1, 0.15) is 22.2 Å². The molecule has 2 N–H and O–H groups in total. The van der Waals surface area contributed by atoms with Crippen LogP contribution in [-0.4, -0.2) is 4.98 Å². The van der Waals surface area contributed by atoms with Crippen LogP contribution in [0.3, 0.4) is 0 Å². The summed E-state index contributed by atoms with van der Waals surface area (Å²) in [5.41, 5.74) is 8.14. The average Bonchev–Trinajstić information content (AvgIpc) is 2.64. The Bertz CT molecular complexity index is 467. The van der Waals surface area contributed by atoms with Gasteiger partial charge in [-0.1, -0.05) is 11.6 Å². The lowest BCUT2D eigenvalue weighted by Crippen LogP contribution is -2.11. The minimum Gasteiger partial charge on any atom is -0.318 e. The Morgan fingerprint density at radius 1 is 1.40 bits per heavy atom. The van der Waals surface area contributed by atoms with Crippen molar-refractivity contribution in [3.05, 3.63) is 50.9 Å². The van der Waals surface area contributed by atoms with Crippen molar-refractivity contribution in [3.63, 3.8) is 0 Å². The van der Waals surface area contributed by atoms with Crippen LogP contribution in [0.25, 0.3) is 0 Å².